The molecule has 0 aromatic heterocycles. The van der Waals surface area contributed by atoms with Crippen molar-refractivity contribution in [1.29, 1.82) is 0 Å². The largest absolute Gasteiger partial charge is 0.335 e. The van der Waals surface area contributed by atoms with Crippen LogP contribution >= 0.6 is 0 Å². The smallest absolute Gasteiger partial charge is 0.254 e. The molecule has 0 radical (unpaired) electrons. The van der Waals surface area contributed by atoms with E-state index in [1.54, 1.807) is 6.08 Å². The molecule has 1 amide bonds. The van der Waals surface area contributed by atoms with Gasteiger partial charge in [-0.15, -0.1) is 6.58 Å². The van der Waals surface area contributed by atoms with Gasteiger partial charge in [-0.1, -0.05) is 13.0 Å². The number of benzene rings is 1. The number of primary sulfonamides is 1. The lowest BCUT2D eigenvalue weighted by Gasteiger charge is -2.20. The first-order chi connectivity index (χ1) is 9.29. The molecule has 5 nitrogen and oxygen atoms in total. The molecule has 0 spiro atoms. The first-order valence-electron chi connectivity index (χ1n) is 6.03. The van der Waals surface area contributed by atoms with Crippen LogP contribution in [0.3, 0.4) is 0 Å². The van der Waals surface area contributed by atoms with E-state index in [1.165, 1.54) is 4.90 Å². The average Bonchev–Trinajstić information content (AvgIpc) is 2.36. The maximum Gasteiger partial charge on any atom is 0.254 e. The molecule has 0 unspecified atom stereocenters. The molecule has 0 aliphatic rings. The molecule has 0 fully saturated rings. The van der Waals surface area contributed by atoms with E-state index in [4.69, 9.17) is 5.14 Å². The summed E-state index contributed by atoms with van der Waals surface area (Å²) >= 11 is 0. The molecular formula is C13H17FN2O3S. The molecule has 0 aliphatic carbocycles. The number of sulfonamides is 1. The number of rotatable bonds is 6. The minimum absolute atomic E-state index is 0.0516. The summed E-state index contributed by atoms with van der Waals surface area (Å²) in [5.74, 6) is -1.29. The van der Waals surface area contributed by atoms with Crippen molar-refractivity contribution in [2.45, 2.75) is 18.2 Å². The first-order valence-corrected chi connectivity index (χ1v) is 7.57. The number of carbonyl (C=O) groups excluding carboxylic acids is 1. The number of hydrogen-bond acceptors (Lipinski definition) is 3. The summed E-state index contributed by atoms with van der Waals surface area (Å²) < 4.78 is 35.9. The molecule has 0 aliphatic heterocycles. The van der Waals surface area contributed by atoms with E-state index < -0.39 is 26.6 Å². The Labute approximate surface area is 117 Å². The second kappa shape index (κ2) is 6.62. The van der Waals surface area contributed by atoms with Crippen LogP contribution in [-0.4, -0.2) is 32.3 Å². The van der Waals surface area contributed by atoms with Crippen LogP contribution in [0.1, 0.15) is 23.7 Å². The van der Waals surface area contributed by atoms with Gasteiger partial charge in [-0.2, -0.15) is 0 Å². The van der Waals surface area contributed by atoms with Gasteiger partial charge in [-0.25, -0.2) is 17.9 Å². The Morgan fingerprint density at radius 2 is 2.10 bits per heavy atom. The van der Waals surface area contributed by atoms with Gasteiger partial charge in [0.15, 0.2) is 0 Å². The second-order valence-corrected chi connectivity index (χ2v) is 5.82. The van der Waals surface area contributed by atoms with E-state index in [2.05, 4.69) is 6.58 Å². The second-order valence-electron chi connectivity index (χ2n) is 4.26. The fourth-order valence-corrected chi connectivity index (χ4v) is 2.30. The quantitative estimate of drug-likeness (QED) is 0.809. The fraction of sp³-hybridized carbons (Fsp3) is 0.308. The van der Waals surface area contributed by atoms with Crippen molar-refractivity contribution in [2.75, 3.05) is 13.1 Å². The van der Waals surface area contributed by atoms with Crippen LogP contribution in [0.25, 0.3) is 0 Å². The van der Waals surface area contributed by atoms with Crippen molar-refractivity contribution in [1.82, 2.24) is 4.90 Å². The molecular weight excluding hydrogens is 283 g/mol. The van der Waals surface area contributed by atoms with Crippen molar-refractivity contribution >= 4 is 15.9 Å². The van der Waals surface area contributed by atoms with Crippen LogP contribution in [0.5, 0.6) is 0 Å². The van der Waals surface area contributed by atoms with Crippen molar-refractivity contribution in [3.8, 4) is 0 Å². The summed E-state index contributed by atoms with van der Waals surface area (Å²) in [4.78, 5) is 13.3. The molecule has 0 saturated carbocycles. The van der Waals surface area contributed by atoms with Crippen LogP contribution < -0.4 is 5.14 Å². The fourth-order valence-electron chi connectivity index (χ4n) is 1.73. The van der Waals surface area contributed by atoms with Crippen molar-refractivity contribution in [2.24, 2.45) is 5.14 Å². The van der Waals surface area contributed by atoms with E-state index in [1.807, 2.05) is 6.92 Å². The number of amides is 1. The summed E-state index contributed by atoms with van der Waals surface area (Å²) in [6.07, 6.45) is 2.27. The van der Waals surface area contributed by atoms with E-state index in [0.717, 1.165) is 24.6 Å². The van der Waals surface area contributed by atoms with E-state index in [9.17, 15) is 17.6 Å². The predicted octanol–water partition coefficient (Wildman–Crippen LogP) is 1.51. The highest BCUT2D eigenvalue weighted by atomic mass is 32.2. The van der Waals surface area contributed by atoms with E-state index in [-0.39, 0.29) is 5.56 Å². The zero-order chi connectivity index (χ0) is 15.3. The lowest BCUT2D eigenvalue weighted by atomic mass is 10.2. The summed E-state index contributed by atoms with van der Waals surface area (Å²) in [5.41, 5.74) is -0.0516. The predicted molar refractivity (Wildman–Crippen MR) is 74.2 cm³/mol. The van der Waals surface area contributed by atoms with Gasteiger partial charge in [0.25, 0.3) is 5.91 Å². The highest BCUT2D eigenvalue weighted by Gasteiger charge is 2.18. The Morgan fingerprint density at radius 3 is 2.60 bits per heavy atom. The summed E-state index contributed by atoms with van der Waals surface area (Å²) in [7, 11) is -4.06. The minimum Gasteiger partial charge on any atom is -0.335 e. The van der Waals surface area contributed by atoms with Crippen molar-refractivity contribution in [3.63, 3.8) is 0 Å². The van der Waals surface area contributed by atoms with Crippen LogP contribution in [0.4, 0.5) is 4.39 Å². The van der Waals surface area contributed by atoms with Gasteiger partial charge < -0.3 is 4.90 Å². The van der Waals surface area contributed by atoms with Gasteiger partial charge in [0, 0.05) is 18.7 Å². The normalized spacial score (nSPS) is 11.2. The topological polar surface area (TPSA) is 80.5 Å². The summed E-state index contributed by atoms with van der Waals surface area (Å²) in [6.45, 7) is 6.21. The number of nitrogens with two attached hydrogens (primary N) is 1. The number of carbonyl (C=O) groups is 1. The lowest BCUT2D eigenvalue weighted by Crippen LogP contribution is -2.32. The Hall–Kier alpha value is -1.73. The Bertz CT molecular complexity index is 614. The summed E-state index contributed by atoms with van der Waals surface area (Å²) in [6, 6.07) is 2.85. The molecule has 0 atom stereocenters. The Balaban J connectivity index is 3.21. The van der Waals surface area contributed by atoms with Gasteiger partial charge in [-0.3, -0.25) is 4.79 Å². The SMILES string of the molecule is C=CCN(CCC)C(=O)c1cc(F)cc(S(N)(=O)=O)c1. The van der Waals surface area contributed by atoms with Crippen molar-refractivity contribution < 1.29 is 17.6 Å². The molecule has 20 heavy (non-hydrogen) atoms. The zero-order valence-corrected chi connectivity index (χ0v) is 12.0. The highest BCUT2D eigenvalue weighted by Crippen LogP contribution is 2.15. The van der Waals surface area contributed by atoms with Crippen LogP contribution in [0.15, 0.2) is 35.7 Å². The zero-order valence-electron chi connectivity index (χ0n) is 11.2. The molecule has 0 saturated heterocycles. The highest BCUT2D eigenvalue weighted by molar-refractivity contribution is 7.89. The van der Waals surface area contributed by atoms with Crippen LogP contribution in [0, 0.1) is 5.82 Å². The molecule has 2 N–H and O–H groups in total. The third-order valence-corrected chi connectivity index (χ3v) is 3.47. The molecule has 110 valence electrons. The third kappa shape index (κ3) is 4.14. The molecule has 0 heterocycles. The van der Waals surface area contributed by atoms with Gasteiger partial charge in [0.05, 0.1) is 4.90 Å². The minimum atomic E-state index is -4.06. The van der Waals surface area contributed by atoms with Crippen LogP contribution in [-0.2, 0) is 10.0 Å². The monoisotopic (exact) mass is 300 g/mol. The third-order valence-electron chi connectivity index (χ3n) is 2.58. The van der Waals surface area contributed by atoms with Gasteiger partial charge in [0.1, 0.15) is 5.82 Å². The molecule has 0 bridgehead atoms. The first kappa shape index (κ1) is 16.3. The molecule has 1 aromatic rings. The molecule has 1 aromatic carbocycles. The average molecular weight is 300 g/mol. The summed E-state index contributed by atoms with van der Waals surface area (Å²) in [5, 5.41) is 4.95. The van der Waals surface area contributed by atoms with Gasteiger partial charge in [0.2, 0.25) is 10.0 Å². The molecule has 1 rings (SSSR count). The van der Waals surface area contributed by atoms with Crippen LogP contribution in [0.2, 0.25) is 0 Å². The van der Waals surface area contributed by atoms with Crippen molar-refractivity contribution in [3.05, 3.63) is 42.2 Å². The lowest BCUT2D eigenvalue weighted by molar-refractivity contribution is 0.0773. The number of halogens is 1. The van der Waals surface area contributed by atoms with E-state index >= 15 is 0 Å². The Morgan fingerprint density at radius 1 is 1.45 bits per heavy atom. The maximum absolute atomic E-state index is 13.4. The maximum atomic E-state index is 13.4. The number of hydrogen-bond donors (Lipinski definition) is 1. The van der Waals surface area contributed by atoms with E-state index in [0.29, 0.717) is 13.1 Å². The van der Waals surface area contributed by atoms with Gasteiger partial charge in [-0.05, 0) is 24.6 Å². The standard InChI is InChI=1S/C13H17FN2O3S/c1-3-5-16(6-4-2)13(17)10-7-11(14)9-12(8-10)20(15,18)19/h3,7-9H,1,4-6H2,2H3,(H2,15,18,19). The van der Waals surface area contributed by atoms with Gasteiger partial charge >= 0.3 is 0 Å². The Kier molecular flexibility index (Phi) is 5.41. The number of nitrogens with zero attached hydrogens (tertiary/aromatic N) is 1. The molecule has 7 heteroatoms.